The number of aromatic nitrogens is 1. The highest BCUT2D eigenvalue weighted by atomic mass is 32.1. The van der Waals surface area contributed by atoms with Gasteiger partial charge in [0, 0.05) is 19.4 Å². The molecule has 1 atom stereocenters. The maximum Gasteiger partial charge on any atom is 0.223 e. The molecule has 0 saturated carbocycles. The van der Waals surface area contributed by atoms with Crippen molar-refractivity contribution in [3.05, 3.63) is 88.4 Å². The highest BCUT2D eigenvalue weighted by molar-refractivity contribution is 7.18. The van der Waals surface area contributed by atoms with Crippen molar-refractivity contribution in [1.29, 1.82) is 0 Å². The van der Waals surface area contributed by atoms with E-state index in [1.165, 1.54) is 5.56 Å². The number of rotatable bonds is 6. The van der Waals surface area contributed by atoms with E-state index in [1.807, 2.05) is 53.4 Å². The molecule has 0 saturated heterocycles. The summed E-state index contributed by atoms with van der Waals surface area (Å²) in [7, 11) is 3.30. The molecule has 0 aliphatic carbocycles. The number of methoxy groups -OCH3 is 2. The molecule has 33 heavy (non-hydrogen) atoms. The van der Waals surface area contributed by atoms with Crippen LogP contribution in [0.15, 0.2) is 66.7 Å². The maximum atomic E-state index is 13.5. The van der Waals surface area contributed by atoms with Crippen LogP contribution in [0, 0.1) is 0 Å². The van der Waals surface area contributed by atoms with Gasteiger partial charge < -0.3 is 14.4 Å². The molecule has 0 fully saturated rings. The molecule has 2 heterocycles. The Hall–Kier alpha value is -3.38. The Morgan fingerprint density at radius 1 is 1.03 bits per heavy atom. The summed E-state index contributed by atoms with van der Waals surface area (Å²) >= 11 is 1.67. The van der Waals surface area contributed by atoms with Gasteiger partial charge in [-0.3, -0.25) is 4.79 Å². The van der Waals surface area contributed by atoms with Crippen molar-refractivity contribution >= 4 is 27.5 Å². The largest absolute Gasteiger partial charge is 0.493 e. The molecule has 5 nitrogen and oxygen atoms in total. The molecular formula is C27H26N2O3S. The van der Waals surface area contributed by atoms with E-state index < -0.39 is 0 Å². The first-order chi connectivity index (χ1) is 16.2. The molecule has 1 unspecified atom stereocenters. The number of carbonyl (C=O) groups excluding carboxylic acids is 1. The second-order valence-corrected chi connectivity index (χ2v) is 9.25. The van der Waals surface area contributed by atoms with E-state index >= 15 is 0 Å². The van der Waals surface area contributed by atoms with Crippen LogP contribution in [0.1, 0.15) is 34.2 Å². The number of fused-ring (bicyclic) bond motifs is 2. The van der Waals surface area contributed by atoms with E-state index in [9.17, 15) is 4.79 Å². The monoisotopic (exact) mass is 458 g/mol. The minimum atomic E-state index is -0.155. The minimum absolute atomic E-state index is 0.142. The summed E-state index contributed by atoms with van der Waals surface area (Å²) in [6.45, 7) is 0.667. The Balaban J connectivity index is 1.45. The molecular weight excluding hydrogens is 432 g/mol. The molecule has 1 aliphatic heterocycles. The zero-order chi connectivity index (χ0) is 22.8. The normalized spacial score (nSPS) is 15.3. The van der Waals surface area contributed by atoms with Gasteiger partial charge in [0.2, 0.25) is 5.91 Å². The summed E-state index contributed by atoms with van der Waals surface area (Å²) in [4.78, 5) is 20.2. The van der Waals surface area contributed by atoms with Gasteiger partial charge in [-0.05, 0) is 47.4 Å². The van der Waals surface area contributed by atoms with Crippen LogP contribution in [0.5, 0.6) is 11.5 Å². The van der Waals surface area contributed by atoms with Crippen molar-refractivity contribution in [2.24, 2.45) is 0 Å². The van der Waals surface area contributed by atoms with E-state index in [4.69, 9.17) is 14.5 Å². The Morgan fingerprint density at radius 3 is 2.52 bits per heavy atom. The second kappa shape index (κ2) is 9.24. The predicted molar refractivity (Wildman–Crippen MR) is 131 cm³/mol. The first kappa shape index (κ1) is 21.5. The first-order valence-corrected chi connectivity index (χ1v) is 11.9. The summed E-state index contributed by atoms with van der Waals surface area (Å²) in [5, 5.41) is 1.00. The van der Waals surface area contributed by atoms with Crippen LogP contribution < -0.4 is 9.47 Å². The van der Waals surface area contributed by atoms with E-state index in [-0.39, 0.29) is 11.9 Å². The zero-order valence-corrected chi connectivity index (χ0v) is 19.6. The first-order valence-electron chi connectivity index (χ1n) is 11.1. The lowest BCUT2D eigenvalue weighted by Crippen LogP contribution is -2.40. The van der Waals surface area contributed by atoms with Crippen molar-refractivity contribution in [3.63, 3.8) is 0 Å². The molecule has 1 amide bonds. The average Bonchev–Trinajstić information content (AvgIpc) is 3.29. The van der Waals surface area contributed by atoms with Crippen molar-refractivity contribution in [3.8, 4) is 11.5 Å². The number of carbonyl (C=O) groups is 1. The fraction of sp³-hybridized carbons (Fsp3) is 0.259. The number of ether oxygens (including phenoxy) is 2. The summed E-state index contributed by atoms with van der Waals surface area (Å²) in [6.07, 6.45) is 1.87. The fourth-order valence-corrected chi connectivity index (χ4v) is 5.56. The van der Waals surface area contributed by atoms with Crippen LogP contribution in [0.4, 0.5) is 0 Å². The molecule has 0 bridgehead atoms. The number of nitrogens with zero attached hydrogens (tertiary/aromatic N) is 2. The molecule has 1 aliphatic rings. The summed E-state index contributed by atoms with van der Waals surface area (Å²) in [5.74, 6) is 1.54. The Labute approximate surface area is 197 Å². The molecule has 4 aromatic rings. The smallest absolute Gasteiger partial charge is 0.223 e. The van der Waals surface area contributed by atoms with Gasteiger partial charge in [0.05, 0.1) is 35.5 Å². The number of amides is 1. The van der Waals surface area contributed by atoms with Crippen molar-refractivity contribution in [2.45, 2.75) is 25.3 Å². The number of aryl methyl sites for hydroxylation is 1. The van der Waals surface area contributed by atoms with Crippen LogP contribution in [0.25, 0.3) is 10.2 Å². The van der Waals surface area contributed by atoms with Gasteiger partial charge in [-0.15, -0.1) is 11.3 Å². The van der Waals surface area contributed by atoms with Gasteiger partial charge in [0.25, 0.3) is 0 Å². The Kier molecular flexibility index (Phi) is 6.01. The van der Waals surface area contributed by atoms with Gasteiger partial charge in [-0.2, -0.15) is 0 Å². The third kappa shape index (κ3) is 4.18. The highest BCUT2D eigenvalue weighted by Crippen LogP contribution is 2.41. The highest BCUT2D eigenvalue weighted by Gasteiger charge is 2.33. The van der Waals surface area contributed by atoms with Crippen molar-refractivity contribution in [1.82, 2.24) is 9.88 Å². The van der Waals surface area contributed by atoms with Gasteiger partial charge in [-0.1, -0.05) is 42.5 Å². The van der Waals surface area contributed by atoms with Crippen molar-refractivity contribution in [2.75, 3.05) is 20.8 Å². The standard InChI is InChI=1S/C27H26N2O3S/c1-31-22-16-19-14-15-29(26(30)13-12-25-28-21-10-6-7-11-24(21)33-25)27(18-8-4-3-5-9-18)20(19)17-23(22)32-2/h3-11,16-17,27H,12-15H2,1-2H3. The molecule has 0 spiro atoms. The lowest BCUT2D eigenvalue weighted by atomic mass is 9.87. The summed E-state index contributed by atoms with van der Waals surface area (Å²) < 4.78 is 12.3. The Morgan fingerprint density at radius 2 is 1.76 bits per heavy atom. The molecule has 0 N–H and O–H groups in total. The van der Waals surface area contributed by atoms with Gasteiger partial charge >= 0.3 is 0 Å². The lowest BCUT2D eigenvalue weighted by molar-refractivity contribution is -0.133. The Bertz CT molecular complexity index is 1250. The van der Waals surface area contributed by atoms with Crippen LogP contribution in [-0.2, 0) is 17.6 Å². The van der Waals surface area contributed by atoms with Gasteiger partial charge in [-0.25, -0.2) is 4.98 Å². The van der Waals surface area contributed by atoms with Gasteiger partial charge in [0.1, 0.15) is 0 Å². The van der Waals surface area contributed by atoms with Crippen LogP contribution in [-0.4, -0.2) is 36.6 Å². The number of para-hydroxylation sites is 1. The number of hydrogen-bond acceptors (Lipinski definition) is 5. The number of hydrogen-bond donors (Lipinski definition) is 0. The maximum absolute atomic E-state index is 13.5. The molecule has 168 valence electrons. The van der Waals surface area contributed by atoms with E-state index in [2.05, 4.69) is 18.2 Å². The van der Waals surface area contributed by atoms with Crippen LogP contribution in [0.3, 0.4) is 0 Å². The quantitative estimate of drug-likeness (QED) is 0.387. The molecule has 6 heteroatoms. The van der Waals surface area contributed by atoms with E-state index in [1.54, 1.807) is 25.6 Å². The summed E-state index contributed by atoms with van der Waals surface area (Å²) in [5.41, 5.74) is 4.38. The average molecular weight is 459 g/mol. The lowest BCUT2D eigenvalue weighted by Gasteiger charge is -2.38. The molecule has 1 aromatic heterocycles. The van der Waals surface area contributed by atoms with Crippen LogP contribution >= 0.6 is 11.3 Å². The topological polar surface area (TPSA) is 51.7 Å². The van der Waals surface area contributed by atoms with Crippen LogP contribution in [0.2, 0.25) is 0 Å². The predicted octanol–water partition coefficient (Wildman–Crippen LogP) is 5.42. The van der Waals surface area contributed by atoms with Gasteiger partial charge in [0.15, 0.2) is 11.5 Å². The summed E-state index contributed by atoms with van der Waals surface area (Å²) in [6, 6.07) is 22.3. The minimum Gasteiger partial charge on any atom is -0.493 e. The SMILES string of the molecule is COc1cc2c(cc1OC)C(c1ccccc1)N(C(=O)CCc1nc3ccccc3s1)CC2. The third-order valence-electron chi connectivity index (χ3n) is 6.20. The second-order valence-electron chi connectivity index (χ2n) is 8.13. The zero-order valence-electron chi connectivity index (χ0n) is 18.8. The fourth-order valence-electron chi connectivity index (χ4n) is 4.59. The number of benzene rings is 3. The molecule has 5 rings (SSSR count). The molecule has 3 aromatic carbocycles. The van der Waals surface area contributed by atoms with E-state index in [0.29, 0.717) is 25.1 Å². The van der Waals surface area contributed by atoms with E-state index in [0.717, 1.165) is 38.5 Å². The number of thiazole rings is 1. The van der Waals surface area contributed by atoms with Crippen molar-refractivity contribution < 1.29 is 14.3 Å². The molecule has 0 radical (unpaired) electrons. The third-order valence-corrected chi connectivity index (χ3v) is 7.30.